The van der Waals surface area contributed by atoms with Crippen LogP contribution in [0.1, 0.15) is 49.3 Å². The van der Waals surface area contributed by atoms with Crippen LogP contribution in [0.3, 0.4) is 0 Å². The van der Waals surface area contributed by atoms with E-state index in [-0.39, 0.29) is 16.7 Å². The van der Waals surface area contributed by atoms with Gasteiger partial charge in [-0.1, -0.05) is 37.8 Å². The number of rotatable bonds is 6. The number of carbonyl (C=O) groups is 1. The predicted molar refractivity (Wildman–Crippen MR) is 104 cm³/mol. The predicted octanol–water partition coefficient (Wildman–Crippen LogP) is 4.16. The highest BCUT2D eigenvalue weighted by atomic mass is 32.2. The Labute approximate surface area is 158 Å². The van der Waals surface area contributed by atoms with Gasteiger partial charge < -0.3 is 5.32 Å². The highest BCUT2D eigenvalue weighted by Gasteiger charge is 2.27. The Morgan fingerprint density at radius 1 is 1.27 bits per heavy atom. The zero-order chi connectivity index (χ0) is 18.7. The Morgan fingerprint density at radius 3 is 2.46 bits per heavy atom. The average Bonchev–Trinajstić information content (AvgIpc) is 3.23. The third-order valence-electron chi connectivity index (χ3n) is 4.92. The first-order valence-corrected chi connectivity index (χ1v) is 11.6. The minimum atomic E-state index is -3.24. The lowest BCUT2D eigenvalue weighted by Crippen LogP contribution is -2.23. The normalized spacial score (nSPS) is 16.5. The monoisotopic (exact) mass is 392 g/mol. The van der Waals surface area contributed by atoms with Crippen LogP contribution < -0.4 is 5.32 Å². The maximum Gasteiger partial charge on any atom is 0.233 e. The number of carbonyl (C=O) groups excluding carboxylic acids is 1. The van der Waals surface area contributed by atoms with E-state index in [1.165, 1.54) is 30.4 Å². The molecule has 1 aliphatic carbocycles. The Morgan fingerprint density at radius 2 is 1.92 bits per heavy atom. The molecule has 0 radical (unpaired) electrons. The molecule has 0 bridgehead atoms. The molecule has 0 saturated heterocycles. The molecule has 0 aliphatic heterocycles. The summed E-state index contributed by atoms with van der Waals surface area (Å²) in [7, 11) is -3.24. The molecule has 1 N–H and O–H groups in total. The number of aryl methyl sites for hydroxylation is 1. The van der Waals surface area contributed by atoms with Crippen LogP contribution in [0.4, 0.5) is 5.13 Å². The molecule has 1 unspecified atom stereocenters. The van der Waals surface area contributed by atoms with Gasteiger partial charge in [-0.3, -0.25) is 4.79 Å². The van der Waals surface area contributed by atoms with Gasteiger partial charge in [0.1, 0.15) is 0 Å². The van der Waals surface area contributed by atoms with Crippen LogP contribution in [0.25, 0.3) is 0 Å². The van der Waals surface area contributed by atoms with Crippen LogP contribution >= 0.6 is 11.3 Å². The molecule has 1 amide bonds. The van der Waals surface area contributed by atoms with Crippen molar-refractivity contribution in [2.24, 2.45) is 5.92 Å². The molecule has 1 saturated carbocycles. The topological polar surface area (TPSA) is 76.1 Å². The van der Waals surface area contributed by atoms with Crippen molar-refractivity contribution in [3.63, 3.8) is 0 Å². The van der Waals surface area contributed by atoms with Gasteiger partial charge in [-0.25, -0.2) is 13.4 Å². The van der Waals surface area contributed by atoms with Crippen LogP contribution in [0, 0.1) is 12.8 Å². The molecule has 0 spiro atoms. The molecule has 7 heteroatoms. The third kappa shape index (κ3) is 4.71. The maximum absolute atomic E-state index is 12.9. The zero-order valence-electron chi connectivity index (χ0n) is 15.1. The van der Waals surface area contributed by atoms with Gasteiger partial charge in [0, 0.05) is 11.6 Å². The lowest BCUT2D eigenvalue weighted by molar-refractivity contribution is -0.118. The minimum absolute atomic E-state index is 0.0710. The van der Waals surface area contributed by atoms with Crippen molar-refractivity contribution in [2.75, 3.05) is 11.6 Å². The molecule has 1 heterocycles. The average molecular weight is 393 g/mol. The summed E-state index contributed by atoms with van der Waals surface area (Å²) in [4.78, 5) is 17.5. The summed E-state index contributed by atoms with van der Waals surface area (Å²) in [5, 5.41) is 5.44. The summed E-state index contributed by atoms with van der Waals surface area (Å²) in [6.07, 6.45) is 6.72. The Kier molecular flexibility index (Phi) is 5.77. The number of sulfone groups is 1. The fourth-order valence-corrected chi connectivity index (χ4v) is 4.85. The maximum atomic E-state index is 12.9. The summed E-state index contributed by atoms with van der Waals surface area (Å²) >= 11 is 1.42. The number of aromatic nitrogens is 1. The number of nitrogens with zero attached hydrogens (tertiary/aromatic N) is 1. The van der Waals surface area contributed by atoms with Gasteiger partial charge in [-0.2, -0.15) is 0 Å². The van der Waals surface area contributed by atoms with Crippen molar-refractivity contribution in [1.82, 2.24) is 4.98 Å². The second-order valence-electron chi connectivity index (χ2n) is 7.06. The number of hydrogen-bond donors (Lipinski definition) is 1. The highest BCUT2D eigenvalue weighted by Crippen LogP contribution is 2.35. The molecule has 140 valence electrons. The molecular weight excluding hydrogens is 368 g/mol. The molecule has 1 aromatic carbocycles. The van der Waals surface area contributed by atoms with Gasteiger partial charge in [-0.15, -0.1) is 11.3 Å². The lowest BCUT2D eigenvalue weighted by atomic mass is 9.87. The summed E-state index contributed by atoms with van der Waals surface area (Å²) in [5.74, 6) is 0.174. The molecular formula is C19H24N2O3S2. The fraction of sp³-hybridized carbons (Fsp3) is 0.474. The van der Waals surface area contributed by atoms with Crippen LogP contribution in [0.5, 0.6) is 0 Å². The number of benzene rings is 1. The summed E-state index contributed by atoms with van der Waals surface area (Å²) in [6.45, 7) is 1.89. The van der Waals surface area contributed by atoms with E-state index in [9.17, 15) is 13.2 Å². The van der Waals surface area contributed by atoms with E-state index in [0.29, 0.717) is 11.0 Å². The molecule has 3 rings (SSSR count). The van der Waals surface area contributed by atoms with Gasteiger partial charge in [0.15, 0.2) is 15.0 Å². The standard InChI is InChI=1S/C19H24N2O3S2/c1-13-12-25-19(20-13)21-18(22)17(11-14-5-3-4-6-14)15-7-9-16(10-8-15)26(2,23)24/h7-10,12,14,17H,3-6,11H2,1-2H3,(H,20,21,22). The number of amides is 1. The van der Waals surface area contributed by atoms with Gasteiger partial charge >= 0.3 is 0 Å². The molecule has 1 atom stereocenters. The fourth-order valence-electron chi connectivity index (χ4n) is 3.53. The second-order valence-corrected chi connectivity index (χ2v) is 9.94. The number of thiazole rings is 1. The van der Waals surface area contributed by atoms with Crippen molar-refractivity contribution < 1.29 is 13.2 Å². The zero-order valence-corrected chi connectivity index (χ0v) is 16.7. The van der Waals surface area contributed by atoms with E-state index in [4.69, 9.17) is 0 Å². The Balaban J connectivity index is 1.83. The molecule has 1 aromatic heterocycles. The van der Waals surface area contributed by atoms with E-state index >= 15 is 0 Å². The van der Waals surface area contributed by atoms with E-state index in [0.717, 1.165) is 30.5 Å². The number of hydrogen-bond acceptors (Lipinski definition) is 5. The van der Waals surface area contributed by atoms with E-state index in [1.807, 2.05) is 12.3 Å². The molecule has 1 fully saturated rings. The molecule has 26 heavy (non-hydrogen) atoms. The SMILES string of the molecule is Cc1csc(NC(=O)C(CC2CCCC2)c2ccc(S(C)(=O)=O)cc2)n1. The van der Waals surface area contributed by atoms with Crippen LogP contribution in [0.15, 0.2) is 34.5 Å². The van der Waals surface area contributed by atoms with E-state index in [2.05, 4.69) is 10.3 Å². The Hall–Kier alpha value is -1.73. The number of nitrogens with one attached hydrogen (secondary N) is 1. The third-order valence-corrected chi connectivity index (χ3v) is 6.92. The molecule has 2 aromatic rings. The van der Waals surface area contributed by atoms with E-state index < -0.39 is 9.84 Å². The van der Waals surface area contributed by atoms with Crippen molar-refractivity contribution in [2.45, 2.75) is 49.8 Å². The van der Waals surface area contributed by atoms with Gasteiger partial charge in [-0.05, 0) is 37.0 Å². The molecule has 1 aliphatic rings. The van der Waals surface area contributed by atoms with Crippen LogP contribution in [-0.4, -0.2) is 25.6 Å². The summed E-state index contributed by atoms with van der Waals surface area (Å²) in [6, 6.07) is 6.71. The molecule has 5 nitrogen and oxygen atoms in total. The van der Waals surface area contributed by atoms with Crippen molar-refractivity contribution in [3.05, 3.63) is 40.9 Å². The summed E-state index contributed by atoms with van der Waals surface area (Å²) < 4.78 is 23.4. The lowest BCUT2D eigenvalue weighted by Gasteiger charge is -2.20. The van der Waals surface area contributed by atoms with Gasteiger partial charge in [0.2, 0.25) is 5.91 Å². The summed E-state index contributed by atoms with van der Waals surface area (Å²) in [5.41, 5.74) is 1.74. The van der Waals surface area contributed by atoms with E-state index in [1.54, 1.807) is 24.3 Å². The largest absolute Gasteiger partial charge is 0.301 e. The van der Waals surface area contributed by atoms with Gasteiger partial charge in [0.25, 0.3) is 0 Å². The van der Waals surface area contributed by atoms with Crippen molar-refractivity contribution >= 4 is 32.2 Å². The second kappa shape index (κ2) is 7.88. The first-order chi connectivity index (χ1) is 12.3. The van der Waals surface area contributed by atoms with Crippen LogP contribution in [-0.2, 0) is 14.6 Å². The van der Waals surface area contributed by atoms with Gasteiger partial charge in [0.05, 0.1) is 16.5 Å². The van der Waals surface area contributed by atoms with Crippen molar-refractivity contribution in [3.8, 4) is 0 Å². The smallest absolute Gasteiger partial charge is 0.233 e. The van der Waals surface area contributed by atoms with Crippen molar-refractivity contribution in [1.29, 1.82) is 0 Å². The quantitative estimate of drug-likeness (QED) is 0.801. The first kappa shape index (κ1) is 19.0. The highest BCUT2D eigenvalue weighted by molar-refractivity contribution is 7.90. The minimum Gasteiger partial charge on any atom is -0.301 e. The first-order valence-electron chi connectivity index (χ1n) is 8.86. The van der Waals surface area contributed by atoms with Crippen LogP contribution in [0.2, 0.25) is 0 Å². The Bertz CT molecular complexity index is 866. The number of anilines is 1.